The Balaban J connectivity index is 2.19. The minimum Gasteiger partial charge on any atom is -0.493 e. The van der Waals surface area contributed by atoms with E-state index in [1.807, 2.05) is 0 Å². The van der Waals surface area contributed by atoms with Crippen LogP contribution in [0.5, 0.6) is 17.2 Å². The van der Waals surface area contributed by atoms with Crippen molar-refractivity contribution in [1.29, 1.82) is 0 Å². The van der Waals surface area contributed by atoms with Crippen LogP contribution in [0, 0.1) is 0 Å². The molecule has 2 rings (SSSR count). The summed E-state index contributed by atoms with van der Waals surface area (Å²) in [5.74, 6) is 1.55. The summed E-state index contributed by atoms with van der Waals surface area (Å²) < 4.78 is 15.9. The number of thiocarbonyl (C=S) groups is 1. The third-order valence-electron chi connectivity index (χ3n) is 3.04. The molecule has 0 saturated carbocycles. The summed E-state index contributed by atoms with van der Waals surface area (Å²) in [6, 6.07) is 8.58. The Morgan fingerprint density at radius 1 is 0.792 bits per heavy atom. The average Bonchev–Trinajstić information content (AvgIpc) is 2.52. The number of nitrogens with one attached hydrogen (secondary N) is 2. The molecule has 5 nitrogen and oxygen atoms in total. The van der Waals surface area contributed by atoms with Gasteiger partial charge in [0.2, 0.25) is 5.75 Å². The van der Waals surface area contributed by atoms with E-state index >= 15 is 0 Å². The van der Waals surface area contributed by atoms with Crippen molar-refractivity contribution in [3.63, 3.8) is 0 Å². The van der Waals surface area contributed by atoms with Crippen LogP contribution in [-0.2, 0) is 0 Å². The van der Waals surface area contributed by atoms with E-state index in [1.54, 1.807) is 51.7 Å². The number of methoxy groups -OCH3 is 3. The number of rotatable bonds is 5. The molecular weight excluding hydrogens is 371 g/mol. The predicted octanol–water partition coefficient (Wildman–Crippen LogP) is 4.83. The van der Waals surface area contributed by atoms with Crippen molar-refractivity contribution in [2.75, 3.05) is 32.0 Å². The van der Waals surface area contributed by atoms with Crippen molar-refractivity contribution in [1.82, 2.24) is 0 Å². The van der Waals surface area contributed by atoms with Gasteiger partial charge in [0.05, 0.1) is 21.3 Å². The van der Waals surface area contributed by atoms with E-state index in [9.17, 15) is 0 Å². The van der Waals surface area contributed by atoms with E-state index in [4.69, 9.17) is 49.6 Å². The Morgan fingerprint density at radius 2 is 1.25 bits per heavy atom. The van der Waals surface area contributed by atoms with Crippen LogP contribution in [0.2, 0.25) is 10.0 Å². The molecule has 0 saturated heterocycles. The average molecular weight is 387 g/mol. The molecule has 0 bridgehead atoms. The zero-order valence-electron chi connectivity index (χ0n) is 13.3. The molecule has 2 aromatic rings. The van der Waals surface area contributed by atoms with Gasteiger partial charge < -0.3 is 24.8 Å². The molecule has 0 fully saturated rings. The molecule has 0 amide bonds. The number of ether oxygens (including phenoxy) is 3. The van der Waals surface area contributed by atoms with Crippen molar-refractivity contribution in [3.8, 4) is 17.2 Å². The van der Waals surface area contributed by atoms with Crippen LogP contribution in [-0.4, -0.2) is 26.4 Å². The van der Waals surface area contributed by atoms with Gasteiger partial charge in [-0.3, -0.25) is 0 Å². The lowest BCUT2D eigenvalue weighted by Crippen LogP contribution is -2.19. The van der Waals surface area contributed by atoms with Crippen LogP contribution in [0.3, 0.4) is 0 Å². The smallest absolute Gasteiger partial charge is 0.203 e. The largest absolute Gasteiger partial charge is 0.493 e. The Hall–Kier alpha value is -1.89. The normalized spacial score (nSPS) is 10.0. The highest BCUT2D eigenvalue weighted by atomic mass is 35.5. The second-order valence-corrected chi connectivity index (χ2v) is 5.93. The van der Waals surface area contributed by atoms with Crippen molar-refractivity contribution in [2.45, 2.75) is 0 Å². The first kappa shape index (κ1) is 18.4. The zero-order valence-corrected chi connectivity index (χ0v) is 15.6. The number of hydrogen-bond donors (Lipinski definition) is 2. The first-order valence-corrected chi connectivity index (χ1v) is 7.97. The molecular formula is C16H16Cl2N2O3S. The summed E-state index contributed by atoms with van der Waals surface area (Å²) in [5, 5.41) is 7.46. The minimum atomic E-state index is 0.364. The van der Waals surface area contributed by atoms with Crippen LogP contribution in [0.1, 0.15) is 0 Å². The standard InChI is InChI=1S/C16H16Cl2N2O3S/c1-21-13-7-12(8-14(22-2)15(13)23-3)20-16(24)19-11-5-9(17)4-10(18)6-11/h4-8H,1-3H3,(H2,19,20,24). The Bertz CT molecular complexity index is 711. The van der Waals surface area contributed by atoms with E-state index in [1.165, 1.54) is 0 Å². The molecule has 128 valence electrons. The molecule has 0 aromatic heterocycles. The van der Waals surface area contributed by atoms with Gasteiger partial charge in [0.25, 0.3) is 0 Å². The van der Waals surface area contributed by atoms with Crippen molar-refractivity contribution in [3.05, 3.63) is 40.4 Å². The monoisotopic (exact) mass is 386 g/mol. The van der Waals surface area contributed by atoms with Gasteiger partial charge in [-0.1, -0.05) is 23.2 Å². The van der Waals surface area contributed by atoms with Gasteiger partial charge in [-0.2, -0.15) is 0 Å². The maximum absolute atomic E-state index is 5.97. The van der Waals surface area contributed by atoms with E-state index < -0.39 is 0 Å². The fraction of sp³-hybridized carbons (Fsp3) is 0.188. The summed E-state index contributed by atoms with van der Waals surface area (Å²) >= 11 is 17.2. The lowest BCUT2D eigenvalue weighted by atomic mass is 10.2. The van der Waals surface area contributed by atoms with Crippen LogP contribution in [0.15, 0.2) is 30.3 Å². The van der Waals surface area contributed by atoms with Gasteiger partial charge >= 0.3 is 0 Å². The van der Waals surface area contributed by atoms with Gasteiger partial charge in [-0.15, -0.1) is 0 Å². The number of halogens is 2. The first-order chi connectivity index (χ1) is 11.5. The Kier molecular flexibility index (Phi) is 6.36. The van der Waals surface area contributed by atoms with Gasteiger partial charge in [0.15, 0.2) is 16.6 Å². The van der Waals surface area contributed by atoms with Crippen LogP contribution < -0.4 is 24.8 Å². The highest BCUT2D eigenvalue weighted by Crippen LogP contribution is 2.40. The number of hydrogen-bond acceptors (Lipinski definition) is 4. The second-order valence-electron chi connectivity index (χ2n) is 4.65. The molecule has 8 heteroatoms. The molecule has 0 aliphatic carbocycles. The fourth-order valence-electron chi connectivity index (χ4n) is 2.07. The lowest BCUT2D eigenvalue weighted by Gasteiger charge is -2.16. The highest BCUT2D eigenvalue weighted by Gasteiger charge is 2.13. The molecule has 0 radical (unpaired) electrons. The number of benzene rings is 2. The fourth-order valence-corrected chi connectivity index (χ4v) is 2.83. The van der Waals surface area contributed by atoms with E-state index in [-0.39, 0.29) is 0 Å². The summed E-state index contributed by atoms with van der Waals surface area (Å²) in [6.07, 6.45) is 0. The summed E-state index contributed by atoms with van der Waals surface area (Å²) in [5.41, 5.74) is 1.35. The number of anilines is 2. The summed E-state index contributed by atoms with van der Waals surface area (Å²) in [4.78, 5) is 0. The van der Waals surface area contributed by atoms with Crippen LogP contribution >= 0.6 is 35.4 Å². The molecule has 2 N–H and O–H groups in total. The second kappa shape index (κ2) is 8.28. The van der Waals surface area contributed by atoms with E-state index in [0.29, 0.717) is 43.8 Å². The quantitative estimate of drug-likeness (QED) is 0.717. The maximum atomic E-state index is 5.97. The van der Waals surface area contributed by atoms with Crippen molar-refractivity contribution >= 4 is 51.9 Å². The minimum absolute atomic E-state index is 0.364. The summed E-state index contributed by atoms with van der Waals surface area (Å²) in [7, 11) is 4.64. The first-order valence-electron chi connectivity index (χ1n) is 6.81. The highest BCUT2D eigenvalue weighted by molar-refractivity contribution is 7.80. The molecule has 24 heavy (non-hydrogen) atoms. The third-order valence-corrected chi connectivity index (χ3v) is 3.68. The Morgan fingerprint density at radius 3 is 1.67 bits per heavy atom. The van der Waals surface area contributed by atoms with Crippen LogP contribution in [0.25, 0.3) is 0 Å². The molecule has 2 aromatic carbocycles. The van der Waals surface area contributed by atoms with Crippen molar-refractivity contribution in [2.24, 2.45) is 0 Å². The molecule has 0 aliphatic rings. The van der Waals surface area contributed by atoms with E-state index in [2.05, 4.69) is 10.6 Å². The SMILES string of the molecule is COc1cc(NC(=S)Nc2cc(Cl)cc(Cl)c2)cc(OC)c1OC. The molecule has 0 heterocycles. The zero-order chi connectivity index (χ0) is 17.7. The topological polar surface area (TPSA) is 51.8 Å². The van der Waals surface area contributed by atoms with Crippen LogP contribution in [0.4, 0.5) is 11.4 Å². The van der Waals surface area contributed by atoms with Gasteiger partial charge in [-0.05, 0) is 30.4 Å². The molecule has 0 aliphatic heterocycles. The molecule has 0 spiro atoms. The predicted molar refractivity (Wildman–Crippen MR) is 102 cm³/mol. The van der Waals surface area contributed by atoms with E-state index in [0.717, 1.165) is 0 Å². The van der Waals surface area contributed by atoms with Gasteiger partial charge in [0.1, 0.15) is 0 Å². The van der Waals surface area contributed by atoms with Crippen molar-refractivity contribution < 1.29 is 14.2 Å². The maximum Gasteiger partial charge on any atom is 0.203 e. The summed E-state index contributed by atoms with van der Waals surface area (Å²) in [6.45, 7) is 0. The molecule has 0 atom stereocenters. The molecule has 0 unspecified atom stereocenters. The lowest BCUT2D eigenvalue weighted by molar-refractivity contribution is 0.324. The van der Waals surface area contributed by atoms with Gasteiger partial charge in [0, 0.05) is 33.6 Å². The van der Waals surface area contributed by atoms with Gasteiger partial charge in [-0.25, -0.2) is 0 Å². The Labute approximate surface area is 155 Å². The third kappa shape index (κ3) is 4.56.